The number of piperazine rings is 1. The molecule has 184 valence electrons. The lowest BCUT2D eigenvalue weighted by Gasteiger charge is -2.39. The third-order valence-electron chi connectivity index (χ3n) is 7.95. The largest absolute Gasteiger partial charge is 0.462 e. The van der Waals surface area contributed by atoms with Crippen LogP contribution in [0.4, 0.5) is 11.5 Å². The maximum absolute atomic E-state index is 6.25. The highest BCUT2D eigenvalue weighted by atomic mass is 16.5. The van der Waals surface area contributed by atoms with Crippen molar-refractivity contribution in [1.29, 1.82) is 0 Å². The van der Waals surface area contributed by atoms with Gasteiger partial charge in [0.1, 0.15) is 12.4 Å². The van der Waals surface area contributed by atoms with Crippen molar-refractivity contribution in [3.05, 3.63) is 53.2 Å². The Bertz CT molecular complexity index is 1200. The highest BCUT2D eigenvalue weighted by Gasteiger charge is 2.29. The molecule has 1 atom stereocenters. The van der Waals surface area contributed by atoms with Crippen LogP contribution < -0.4 is 19.9 Å². The number of aromatic nitrogens is 2. The van der Waals surface area contributed by atoms with Crippen LogP contribution in [-0.4, -0.2) is 73.3 Å². The predicted molar refractivity (Wildman–Crippen MR) is 142 cm³/mol. The van der Waals surface area contributed by atoms with Gasteiger partial charge in [0.15, 0.2) is 0 Å². The van der Waals surface area contributed by atoms with Crippen LogP contribution in [0.15, 0.2) is 36.4 Å². The van der Waals surface area contributed by atoms with Gasteiger partial charge in [-0.15, -0.1) is 0 Å². The van der Waals surface area contributed by atoms with Crippen LogP contribution in [0.3, 0.4) is 0 Å². The number of fused-ring (bicyclic) bond motifs is 2. The molecule has 0 aliphatic carbocycles. The molecule has 0 bridgehead atoms. The van der Waals surface area contributed by atoms with Gasteiger partial charge in [-0.05, 0) is 43.3 Å². The standard InChI is InChI=1S/C28H36N6O/c1-3-32-14-10-22(32)19-35-28-30-24-18-34(25-9-5-8-21-7-4-6-20(2)26(21)25)15-11-23(24)27(31-28)33-16-12-29-13-17-33/h4-9,22,29H,3,10-19H2,1-2H3. The SMILES string of the molecule is CCN1CCC1COc1nc2c(c(N3CCNCC3)n1)CCN(c1cccc3cccc(C)c13)C2. The Kier molecular flexibility index (Phi) is 6.20. The minimum absolute atomic E-state index is 0.484. The van der Waals surface area contributed by atoms with Gasteiger partial charge < -0.3 is 19.9 Å². The van der Waals surface area contributed by atoms with Crippen molar-refractivity contribution < 1.29 is 4.74 Å². The molecule has 2 saturated heterocycles. The molecule has 1 unspecified atom stereocenters. The van der Waals surface area contributed by atoms with Gasteiger partial charge in [-0.3, -0.25) is 4.90 Å². The van der Waals surface area contributed by atoms with Crippen molar-refractivity contribution in [3.8, 4) is 6.01 Å². The number of rotatable bonds is 6. The Labute approximate surface area is 208 Å². The first-order valence-corrected chi connectivity index (χ1v) is 13.2. The topological polar surface area (TPSA) is 56.8 Å². The smallest absolute Gasteiger partial charge is 0.318 e. The number of ether oxygens (including phenoxy) is 1. The summed E-state index contributed by atoms with van der Waals surface area (Å²) >= 11 is 0. The van der Waals surface area contributed by atoms with E-state index in [1.54, 1.807) is 0 Å². The van der Waals surface area contributed by atoms with Gasteiger partial charge in [-0.25, -0.2) is 0 Å². The number of aryl methyl sites for hydroxylation is 1. The normalized spacial score (nSPS) is 20.6. The number of likely N-dealkylation sites (tertiary alicyclic amines) is 1. The minimum atomic E-state index is 0.484. The van der Waals surface area contributed by atoms with E-state index in [-0.39, 0.29) is 0 Å². The van der Waals surface area contributed by atoms with Crippen molar-refractivity contribution in [1.82, 2.24) is 20.2 Å². The second-order valence-electron chi connectivity index (χ2n) is 10.00. The van der Waals surface area contributed by atoms with Crippen LogP contribution in [0.1, 0.15) is 30.2 Å². The molecular formula is C28H36N6O. The molecule has 6 rings (SSSR count). The van der Waals surface area contributed by atoms with Gasteiger partial charge in [-0.2, -0.15) is 9.97 Å². The number of benzene rings is 2. The first-order valence-electron chi connectivity index (χ1n) is 13.2. The molecule has 0 saturated carbocycles. The maximum atomic E-state index is 6.25. The molecule has 1 aromatic heterocycles. The summed E-state index contributed by atoms with van der Waals surface area (Å²) in [7, 11) is 0. The Morgan fingerprint density at radius 2 is 1.83 bits per heavy atom. The fraction of sp³-hybridized carbons (Fsp3) is 0.500. The fourth-order valence-corrected chi connectivity index (χ4v) is 5.84. The van der Waals surface area contributed by atoms with E-state index in [1.165, 1.54) is 40.6 Å². The van der Waals surface area contributed by atoms with Crippen molar-refractivity contribution in [3.63, 3.8) is 0 Å². The van der Waals surface area contributed by atoms with Gasteiger partial charge in [0.25, 0.3) is 0 Å². The summed E-state index contributed by atoms with van der Waals surface area (Å²) in [6.07, 6.45) is 2.14. The van der Waals surface area contributed by atoms with Gasteiger partial charge in [0, 0.05) is 61.9 Å². The number of nitrogens with one attached hydrogen (secondary N) is 1. The molecule has 0 radical (unpaired) electrons. The quantitative estimate of drug-likeness (QED) is 0.590. The first kappa shape index (κ1) is 22.6. The van der Waals surface area contributed by atoms with E-state index >= 15 is 0 Å². The van der Waals surface area contributed by atoms with Crippen LogP contribution in [0.2, 0.25) is 0 Å². The van der Waals surface area contributed by atoms with Gasteiger partial charge in [0.05, 0.1) is 12.2 Å². The lowest BCUT2D eigenvalue weighted by atomic mass is 9.99. The molecule has 3 aromatic rings. The molecule has 3 aliphatic heterocycles. The molecular weight excluding hydrogens is 436 g/mol. The summed E-state index contributed by atoms with van der Waals surface area (Å²) in [5.41, 5.74) is 5.02. The second-order valence-corrected chi connectivity index (χ2v) is 10.00. The molecule has 1 N–H and O–H groups in total. The van der Waals surface area contributed by atoms with Crippen molar-refractivity contribution >= 4 is 22.3 Å². The predicted octanol–water partition coefficient (Wildman–Crippen LogP) is 3.38. The average molecular weight is 473 g/mol. The average Bonchev–Trinajstić information content (AvgIpc) is 2.88. The summed E-state index contributed by atoms with van der Waals surface area (Å²) in [5.74, 6) is 1.08. The summed E-state index contributed by atoms with van der Waals surface area (Å²) < 4.78 is 6.25. The summed E-state index contributed by atoms with van der Waals surface area (Å²) in [6.45, 7) is 13.0. The molecule has 2 fully saturated rings. The number of likely N-dealkylation sites (N-methyl/N-ethyl adjacent to an activating group) is 1. The number of anilines is 2. The van der Waals surface area contributed by atoms with Crippen molar-refractivity contribution in [2.45, 2.75) is 39.3 Å². The monoisotopic (exact) mass is 472 g/mol. The fourth-order valence-electron chi connectivity index (χ4n) is 5.84. The Hall–Kier alpha value is -2.90. The number of nitrogens with zero attached hydrogens (tertiary/aromatic N) is 5. The van der Waals surface area contributed by atoms with E-state index in [9.17, 15) is 0 Å². The van der Waals surface area contributed by atoms with Gasteiger partial charge in [0.2, 0.25) is 0 Å². The molecule has 7 nitrogen and oxygen atoms in total. The highest BCUT2D eigenvalue weighted by Crippen LogP contribution is 2.35. The first-order chi connectivity index (χ1) is 17.2. The summed E-state index contributed by atoms with van der Waals surface area (Å²) in [6, 6.07) is 14.2. The molecule has 2 aromatic carbocycles. The van der Waals surface area contributed by atoms with Gasteiger partial charge in [-0.1, -0.05) is 37.3 Å². The van der Waals surface area contributed by atoms with Crippen molar-refractivity contribution in [2.75, 3.05) is 62.2 Å². The second kappa shape index (κ2) is 9.63. The molecule has 0 amide bonds. The highest BCUT2D eigenvalue weighted by molar-refractivity contribution is 5.97. The maximum Gasteiger partial charge on any atom is 0.318 e. The van der Waals surface area contributed by atoms with Crippen LogP contribution in [0, 0.1) is 6.92 Å². The Morgan fingerprint density at radius 3 is 2.60 bits per heavy atom. The van der Waals surface area contributed by atoms with E-state index in [0.29, 0.717) is 18.7 Å². The van der Waals surface area contributed by atoms with E-state index < -0.39 is 0 Å². The van der Waals surface area contributed by atoms with E-state index in [1.807, 2.05) is 0 Å². The zero-order valence-electron chi connectivity index (χ0n) is 21.0. The zero-order valence-corrected chi connectivity index (χ0v) is 21.0. The van der Waals surface area contributed by atoms with Crippen LogP contribution in [-0.2, 0) is 13.0 Å². The van der Waals surface area contributed by atoms with Crippen LogP contribution in [0.25, 0.3) is 10.8 Å². The lowest BCUT2D eigenvalue weighted by Crippen LogP contribution is -2.50. The van der Waals surface area contributed by atoms with E-state index in [4.69, 9.17) is 14.7 Å². The summed E-state index contributed by atoms with van der Waals surface area (Å²) in [4.78, 5) is 17.3. The zero-order chi connectivity index (χ0) is 23.8. The molecule has 35 heavy (non-hydrogen) atoms. The number of hydrogen-bond donors (Lipinski definition) is 1. The van der Waals surface area contributed by atoms with E-state index in [0.717, 1.165) is 63.7 Å². The third-order valence-corrected chi connectivity index (χ3v) is 7.95. The summed E-state index contributed by atoms with van der Waals surface area (Å²) in [5, 5.41) is 6.10. The Balaban J connectivity index is 1.33. The molecule has 3 aliphatic rings. The number of hydrogen-bond acceptors (Lipinski definition) is 7. The minimum Gasteiger partial charge on any atom is -0.462 e. The van der Waals surface area contributed by atoms with E-state index in [2.05, 4.69) is 70.3 Å². The van der Waals surface area contributed by atoms with Crippen LogP contribution in [0.5, 0.6) is 6.01 Å². The molecule has 4 heterocycles. The molecule has 0 spiro atoms. The molecule has 7 heteroatoms. The third kappa shape index (κ3) is 4.32. The lowest BCUT2D eigenvalue weighted by molar-refractivity contribution is 0.0528. The van der Waals surface area contributed by atoms with Crippen LogP contribution >= 0.6 is 0 Å². The van der Waals surface area contributed by atoms with Gasteiger partial charge >= 0.3 is 6.01 Å². The van der Waals surface area contributed by atoms with Crippen molar-refractivity contribution in [2.24, 2.45) is 0 Å². The Morgan fingerprint density at radius 1 is 1.00 bits per heavy atom.